The molecular weight excluding hydrogens is 556 g/mol. The molecule has 0 radical (unpaired) electrons. The summed E-state index contributed by atoms with van der Waals surface area (Å²) in [7, 11) is 3.35. The van der Waals surface area contributed by atoms with Gasteiger partial charge in [0.05, 0.1) is 76.7 Å². The summed E-state index contributed by atoms with van der Waals surface area (Å²) in [5, 5.41) is 19.9. The molecule has 2 aromatic rings. The highest BCUT2D eigenvalue weighted by molar-refractivity contribution is 5.65. The van der Waals surface area contributed by atoms with Gasteiger partial charge in [-0.3, -0.25) is 0 Å². The predicted molar refractivity (Wildman–Crippen MR) is 161 cm³/mol. The van der Waals surface area contributed by atoms with Crippen molar-refractivity contribution in [1.82, 2.24) is 4.90 Å². The number of nitrogens with zero attached hydrogens (tertiary/aromatic N) is 2. The molecule has 1 amide bonds. The van der Waals surface area contributed by atoms with Gasteiger partial charge < -0.3 is 48.4 Å². The van der Waals surface area contributed by atoms with Crippen molar-refractivity contribution in [2.24, 2.45) is 0 Å². The summed E-state index contributed by atoms with van der Waals surface area (Å²) >= 11 is 0. The number of rotatable bonds is 16. The molecule has 4 atom stereocenters. The lowest BCUT2D eigenvalue weighted by atomic mass is 9.84. The molecule has 2 aromatic carbocycles. The summed E-state index contributed by atoms with van der Waals surface area (Å²) in [6.45, 7) is 6.92. The summed E-state index contributed by atoms with van der Waals surface area (Å²) < 4.78 is 34.5. The minimum atomic E-state index is -1.03. The third-order valence-corrected chi connectivity index (χ3v) is 7.71. The van der Waals surface area contributed by atoms with Crippen LogP contribution in [-0.2, 0) is 36.9 Å². The first-order chi connectivity index (χ1) is 20.9. The van der Waals surface area contributed by atoms with E-state index in [4.69, 9.17) is 28.4 Å². The fourth-order valence-corrected chi connectivity index (χ4v) is 5.55. The zero-order valence-electron chi connectivity index (χ0n) is 25.5. The number of aliphatic hydroxyl groups excluding tert-OH is 1. The number of fused-ring (bicyclic) bond motifs is 1. The van der Waals surface area contributed by atoms with E-state index in [0.717, 1.165) is 47.6 Å². The van der Waals surface area contributed by atoms with E-state index in [1.54, 1.807) is 21.1 Å². The molecule has 1 fully saturated rings. The number of hydrogen-bond acceptors (Lipinski definition) is 9. The van der Waals surface area contributed by atoms with Crippen LogP contribution in [0.25, 0.3) is 0 Å². The molecule has 2 heterocycles. The van der Waals surface area contributed by atoms with Gasteiger partial charge in [0.1, 0.15) is 12.4 Å². The van der Waals surface area contributed by atoms with E-state index in [-0.39, 0.29) is 25.6 Å². The van der Waals surface area contributed by atoms with Crippen LogP contribution in [0, 0.1) is 0 Å². The van der Waals surface area contributed by atoms with Gasteiger partial charge in [-0.1, -0.05) is 30.3 Å². The Labute approximate surface area is 254 Å². The summed E-state index contributed by atoms with van der Waals surface area (Å²) in [4.78, 5) is 15.8. The van der Waals surface area contributed by atoms with Crippen LogP contribution < -0.4 is 9.64 Å². The molecule has 0 aliphatic carbocycles. The number of ether oxygens (including phenoxy) is 6. The lowest BCUT2D eigenvalue weighted by molar-refractivity contribution is -0.101. The molecule has 0 spiro atoms. The van der Waals surface area contributed by atoms with E-state index in [0.29, 0.717) is 39.6 Å². The molecule has 1 saturated heterocycles. The highest BCUT2D eigenvalue weighted by Gasteiger charge is 2.41. The Bertz CT molecular complexity index is 1130. The topological polar surface area (TPSA) is 119 Å². The first-order valence-corrected chi connectivity index (χ1v) is 14.9. The van der Waals surface area contributed by atoms with Gasteiger partial charge in [-0.25, -0.2) is 4.79 Å². The zero-order chi connectivity index (χ0) is 30.6. The van der Waals surface area contributed by atoms with Crippen molar-refractivity contribution in [2.45, 2.75) is 50.8 Å². The van der Waals surface area contributed by atoms with Crippen LogP contribution in [0.3, 0.4) is 0 Å². The number of likely N-dealkylation sites (tertiary alicyclic amines) is 1. The van der Waals surface area contributed by atoms with Gasteiger partial charge >= 0.3 is 6.09 Å². The van der Waals surface area contributed by atoms with E-state index in [9.17, 15) is 15.0 Å². The van der Waals surface area contributed by atoms with Crippen LogP contribution in [0.1, 0.15) is 36.0 Å². The van der Waals surface area contributed by atoms with Crippen molar-refractivity contribution in [2.75, 3.05) is 78.3 Å². The fourth-order valence-electron chi connectivity index (χ4n) is 5.55. The second kappa shape index (κ2) is 16.8. The smallest absolute Gasteiger partial charge is 0.407 e. The highest BCUT2D eigenvalue weighted by Crippen LogP contribution is 2.36. The third-order valence-electron chi connectivity index (χ3n) is 7.71. The molecule has 0 unspecified atom stereocenters. The quantitative estimate of drug-likeness (QED) is 0.276. The normalized spacial score (nSPS) is 20.9. The van der Waals surface area contributed by atoms with Crippen LogP contribution in [0.2, 0.25) is 0 Å². The number of amides is 1. The summed E-state index contributed by atoms with van der Waals surface area (Å²) in [5.41, 5.74) is 4.00. The van der Waals surface area contributed by atoms with Crippen LogP contribution in [0.5, 0.6) is 5.75 Å². The SMILES string of the molecule is COCCCN1CCOc2ccc(CO[C@H]3CN(C(=O)O)C[C@@H](OC[C@H](C)O)[C@@H]3c3ccc(COCCOC)cc3)cc21. The van der Waals surface area contributed by atoms with Crippen molar-refractivity contribution in [3.63, 3.8) is 0 Å². The van der Waals surface area contributed by atoms with Gasteiger partial charge in [-0.15, -0.1) is 0 Å². The Morgan fingerprint density at radius 2 is 1.70 bits per heavy atom. The molecule has 238 valence electrons. The molecule has 4 rings (SSSR count). The number of carbonyl (C=O) groups is 1. The van der Waals surface area contributed by atoms with Gasteiger partial charge in [0.15, 0.2) is 0 Å². The Hall–Kier alpha value is -2.93. The average Bonchev–Trinajstić information content (AvgIpc) is 3.01. The number of piperidine rings is 1. The Kier molecular flexibility index (Phi) is 12.9. The molecule has 0 saturated carbocycles. The molecular formula is C32H46N2O9. The summed E-state index contributed by atoms with van der Waals surface area (Å²) in [6.07, 6.45) is -1.77. The van der Waals surface area contributed by atoms with E-state index in [1.165, 1.54) is 4.90 Å². The van der Waals surface area contributed by atoms with Gasteiger partial charge in [0.25, 0.3) is 0 Å². The van der Waals surface area contributed by atoms with Crippen molar-refractivity contribution >= 4 is 11.8 Å². The standard InChI is InChI=1S/C32H46N2O9/c1-23(35)20-42-29-18-34(32(36)37)19-30(31(29)26-8-5-24(6-9-26)21-40-16-15-39-3)43-22-25-7-10-28-27(17-25)33(12-14-41-28)11-4-13-38-2/h5-10,17,23,29-31,35H,4,11-16,18-22H2,1-3H3,(H,36,37)/t23-,29+,30-,31-/m0/s1. The first kappa shape index (κ1) is 33.0. The van der Waals surface area contributed by atoms with Crippen LogP contribution in [0.15, 0.2) is 42.5 Å². The molecule has 0 aromatic heterocycles. The zero-order valence-corrected chi connectivity index (χ0v) is 25.5. The van der Waals surface area contributed by atoms with E-state index in [1.807, 2.05) is 36.4 Å². The fraction of sp³-hybridized carbons (Fsp3) is 0.594. The number of hydrogen-bond donors (Lipinski definition) is 2. The van der Waals surface area contributed by atoms with Crippen molar-refractivity contribution in [1.29, 1.82) is 0 Å². The minimum Gasteiger partial charge on any atom is -0.490 e. The van der Waals surface area contributed by atoms with Gasteiger partial charge in [0.2, 0.25) is 0 Å². The first-order valence-electron chi connectivity index (χ1n) is 14.9. The molecule has 11 heteroatoms. The Balaban J connectivity index is 1.53. The van der Waals surface area contributed by atoms with E-state index < -0.39 is 24.4 Å². The van der Waals surface area contributed by atoms with Crippen LogP contribution >= 0.6 is 0 Å². The number of anilines is 1. The average molecular weight is 603 g/mol. The number of aliphatic hydroxyl groups is 1. The molecule has 43 heavy (non-hydrogen) atoms. The number of methoxy groups -OCH3 is 2. The summed E-state index contributed by atoms with van der Waals surface area (Å²) in [5.74, 6) is 0.599. The largest absolute Gasteiger partial charge is 0.490 e. The van der Waals surface area contributed by atoms with Crippen molar-refractivity contribution < 1.29 is 43.4 Å². The second-order valence-electron chi connectivity index (χ2n) is 11.1. The minimum absolute atomic E-state index is 0.0937. The highest BCUT2D eigenvalue weighted by atomic mass is 16.5. The molecule has 2 aliphatic heterocycles. The Morgan fingerprint density at radius 3 is 2.40 bits per heavy atom. The van der Waals surface area contributed by atoms with Crippen molar-refractivity contribution in [3.05, 3.63) is 59.2 Å². The van der Waals surface area contributed by atoms with Crippen LogP contribution in [-0.4, -0.2) is 113 Å². The van der Waals surface area contributed by atoms with E-state index >= 15 is 0 Å². The van der Waals surface area contributed by atoms with Gasteiger partial charge in [0, 0.05) is 33.3 Å². The molecule has 2 aliphatic rings. The third kappa shape index (κ3) is 9.53. The van der Waals surface area contributed by atoms with Crippen LogP contribution in [0.4, 0.5) is 10.5 Å². The lowest BCUT2D eigenvalue weighted by Gasteiger charge is -2.43. The maximum absolute atomic E-state index is 12.1. The van der Waals surface area contributed by atoms with Gasteiger partial charge in [-0.05, 0) is 42.2 Å². The maximum Gasteiger partial charge on any atom is 0.407 e. The molecule has 0 bridgehead atoms. The molecule has 11 nitrogen and oxygen atoms in total. The lowest BCUT2D eigenvalue weighted by Crippen LogP contribution is -2.54. The number of carboxylic acid groups (broad SMARTS) is 1. The summed E-state index contributed by atoms with van der Waals surface area (Å²) in [6, 6.07) is 14.1. The van der Waals surface area contributed by atoms with E-state index in [2.05, 4.69) is 11.0 Å². The molecule has 2 N–H and O–H groups in total. The van der Waals surface area contributed by atoms with Gasteiger partial charge in [-0.2, -0.15) is 0 Å². The maximum atomic E-state index is 12.1. The monoisotopic (exact) mass is 602 g/mol. The van der Waals surface area contributed by atoms with Crippen molar-refractivity contribution in [3.8, 4) is 5.75 Å². The Morgan fingerprint density at radius 1 is 0.977 bits per heavy atom. The predicted octanol–water partition coefficient (Wildman–Crippen LogP) is 3.51. The second-order valence-corrected chi connectivity index (χ2v) is 11.1. The number of benzene rings is 2.